The third-order valence-electron chi connectivity index (χ3n) is 1.40. The van der Waals surface area contributed by atoms with Crippen LogP contribution in [0.2, 0.25) is 10.0 Å². The predicted octanol–water partition coefficient (Wildman–Crippen LogP) is 2.25. The minimum Gasteiger partial charge on any atom is -0.225 e. The molecule has 0 aliphatic rings. The van der Waals surface area contributed by atoms with Crippen LogP contribution in [0, 0.1) is 0 Å². The van der Waals surface area contributed by atoms with Gasteiger partial charge in [-0.2, -0.15) is 0 Å². The first kappa shape index (κ1) is 11.5. The van der Waals surface area contributed by atoms with Gasteiger partial charge < -0.3 is 0 Å². The van der Waals surface area contributed by atoms with Crippen LogP contribution in [0.3, 0.4) is 0 Å². The first-order chi connectivity index (χ1) is 6.38. The number of halogens is 2. The molecule has 0 unspecified atom stereocenters. The first-order valence-corrected chi connectivity index (χ1v) is 5.91. The van der Waals surface area contributed by atoms with E-state index in [0.717, 1.165) is 5.41 Å². The average Bonchev–Trinajstić information content (AvgIpc) is 2.05. The number of primary sulfonamides is 1. The lowest BCUT2D eigenvalue weighted by Crippen LogP contribution is -2.06. The molecule has 3 nitrogen and oxygen atoms in total. The highest BCUT2D eigenvalue weighted by Crippen LogP contribution is 2.21. The lowest BCUT2D eigenvalue weighted by Gasteiger charge is -1.97. The Hall–Kier alpha value is -0.550. The Morgan fingerprint density at radius 1 is 1.29 bits per heavy atom. The van der Waals surface area contributed by atoms with Gasteiger partial charge in [-0.25, -0.2) is 13.6 Å². The first-order valence-electron chi connectivity index (χ1n) is 3.54. The Balaban J connectivity index is 3.09. The molecule has 0 atom stereocenters. The summed E-state index contributed by atoms with van der Waals surface area (Å²) in [6, 6.07) is 4.73. The molecule has 6 heteroatoms. The van der Waals surface area contributed by atoms with Crippen molar-refractivity contribution in [3.05, 3.63) is 39.2 Å². The number of sulfonamides is 1. The quantitative estimate of drug-likeness (QED) is 0.877. The highest BCUT2D eigenvalue weighted by molar-refractivity contribution is 7.92. The Bertz CT molecular complexity index is 468. The summed E-state index contributed by atoms with van der Waals surface area (Å²) in [7, 11) is -3.63. The van der Waals surface area contributed by atoms with Crippen molar-refractivity contribution >= 4 is 39.3 Å². The smallest absolute Gasteiger partial charge is 0.225 e. The maximum atomic E-state index is 10.6. The summed E-state index contributed by atoms with van der Waals surface area (Å²) in [5, 5.41) is 6.53. The van der Waals surface area contributed by atoms with E-state index in [1.54, 1.807) is 18.2 Å². The fourth-order valence-corrected chi connectivity index (χ4v) is 1.51. The number of hydrogen-bond acceptors (Lipinski definition) is 2. The average molecular weight is 252 g/mol. The highest BCUT2D eigenvalue weighted by atomic mass is 35.5. The molecule has 0 aromatic heterocycles. The van der Waals surface area contributed by atoms with Crippen LogP contribution in [0.15, 0.2) is 23.6 Å². The van der Waals surface area contributed by atoms with Gasteiger partial charge in [0.15, 0.2) is 0 Å². The third-order valence-corrected chi connectivity index (χ3v) is 2.49. The molecule has 0 saturated carbocycles. The van der Waals surface area contributed by atoms with Crippen LogP contribution in [-0.2, 0) is 10.0 Å². The lowest BCUT2D eigenvalue weighted by molar-refractivity contribution is 0.606. The van der Waals surface area contributed by atoms with E-state index >= 15 is 0 Å². The Labute approximate surface area is 92.2 Å². The maximum absolute atomic E-state index is 10.6. The topological polar surface area (TPSA) is 60.2 Å². The maximum Gasteiger partial charge on any atom is 0.231 e. The van der Waals surface area contributed by atoms with Crippen molar-refractivity contribution < 1.29 is 8.42 Å². The molecular formula is C8H7Cl2NO2S. The fraction of sp³-hybridized carbons (Fsp3) is 0. The van der Waals surface area contributed by atoms with Crippen molar-refractivity contribution in [1.82, 2.24) is 0 Å². The van der Waals surface area contributed by atoms with Crippen molar-refractivity contribution in [3.8, 4) is 0 Å². The van der Waals surface area contributed by atoms with E-state index in [1.165, 1.54) is 6.08 Å². The monoisotopic (exact) mass is 251 g/mol. The van der Waals surface area contributed by atoms with Gasteiger partial charge in [-0.05, 0) is 29.8 Å². The van der Waals surface area contributed by atoms with Crippen molar-refractivity contribution in [1.29, 1.82) is 0 Å². The SMILES string of the molecule is NS(=O)(=O)/C=C/c1cc(Cl)ccc1Cl. The predicted molar refractivity (Wildman–Crippen MR) is 58.6 cm³/mol. The molecule has 1 aromatic rings. The van der Waals surface area contributed by atoms with Crippen molar-refractivity contribution in [3.63, 3.8) is 0 Å². The second-order valence-corrected chi connectivity index (χ2v) is 4.85. The molecule has 0 amide bonds. The highest BCUT2D eigenvalue weighted by Gasteiger charge is 1.99. The minimum absolute atomic E-state index is 0.411. The zero-order chi connectivity index (χ0) is 10.8. The van der Waals surface area contributed by atoms with Gasteiger partial charge >= 0.3 is 0 Å². The number of rotatable bonds is 2. The Morgan fingerprint density at radius 2 is 1.93 bits per heavy atom. The third kappa shape index (κ3) is 3.67. The largest absolute Gasteiger partial charge is 0.231 e. The van der Waals surface area contributed by atoms with Gasteiger partial charge in [0.05, 0.1) is 0 Å². The molecule has 76 valence electrons. The van der Waals surface area contributed by atoms with Crippen molar-refractivity contribution in [2.45, 2.75) is 0 Å². The normalized spacial score (nSPS) is 12.2. The van der Waals surface area contributed by atoms with Crippen LogP contribution in [0.5, 0.6) is 0 Å². The van der Waals surface area contributed by atoms with Crippen LogP contribution in [-0.4, -0.2) is 8.42 Å². The standard InChI is InChI=1S/C8H7Cl2NO2S/c9-7-1-2-8(10)6(5-7)3-4-14(11,12)13/h1-5H,(H2,11,12,13)/b4-3+. The molecule has 1 aromatic carbocycles. The second kappa shape index (κ2) is 4.31. The van der Waals surface area contributed by atoms with Crippen LogP contribution >= 0.6 is 23.2 Å². The van der Waals surface area contributed by atoms with E-state index in [0.29, 0.717) is 15.6 Å². The van der Waals surface area contributed by atoms with Crippen LogP contribution in [0.4, 0.5) is 0 Å². The summed E-state index contributed by atoms with van der Waals surface area (Å²) < 4.78 is 21.2. The molecule has 14 heavy (non-hydrogen) atoms. The van der Waals surface area contributed by atoms with E-state index < -0.39 is 10.0 Å². The molecule has 0 aliphatic carbocycles. The molecule has 0 bridgehead atoms. The van der Waals surface area contributed by atoms with Crippen LogP contribution in [0.25, 0.3) is 6.08 Å². The molecule has 1 rings (SSSR count). The Morgan fingerprint density at radius 3 is 2.50 bits per heavy atom. The second-order valence-electron chi connectivity index (χ2n) is 2.56. The van der Waals surface area contributed by atoms with E-state index in [9.17, 15) is 8.42 Å². The van der Waals surface area contributed by atoms with Crippen LogP contribution in [0.1, 0.15) is 5.56 Å². The van der Waals surface area contributed by atoms with Gasteiger partial charge in [-0.1, -0.05) is 23.2 Å². The molecule has 0 radical (unpaired) electrons. The number of nitrogens with two attached hydrogens (primary N) is 1. The minimum atomic E-state index is -3.63. The van der Waals surface area contributed by atoms with Gasteiger partial charge in [0.25, 0.3) is 0 Å². The summed E-state index contributed by atoms with van der Waals surface area (Å²) in [4.78, 5) is 0. The number of benzene rings is 1. The van der Waals surface area contributed by atoms with E-state index in [4.69, 9.17) is 28.3 Å². The van der Waals surface area contributed by atoms with Gasteiger partial charge in [-0.3, -0.25) is 0 Å². The van der Waals surface area contributed by atoms with E-state index in [2.05, 4.69) is 0 Å². The zero-order valence-corrected chi connectivity index (χ0v) is 9.27. The van der Waals surface area contributed by atoms with Crippen molar-refractivity contribution in [2.75, 3.05) is 0 Å². The molecule has 2 N–H and O–H groups in total. The summed E-state index contributed by atoms with van der Waals surface area (Å²) in [5.41, 5.74) is 0.508. The summed E-state index contributed by atoms with van der Waals surface area (Å²) in [5.74, 6) is 0. The molecule has 0 spiro atoms. The number of hydrogen-bond donors (Lipinski definition) is 1. The summed E-state index contributed by atoms with van der Waals surface area (Å²) in [6.45, 7) is 0. The van der Waals surface area contributed by atoms with Gasteiger partial charge in [0, 0.05) is 15.5 Å². The van der Waals surface area contributed by atoms with Gasteiger partial charge in [0.2, 0.25) is 10.0 Å². The zero-order valence-electron chi connectivity index (χ0n) is 6.94. The lowest BCUT2D eigenvalue weighted by atomic mass is 10.2. The molecule has 0 fully saturated rings. The van der Waals surface area contributed by atoms with E-state index in [-0.39, 0.29) is 0 Å². The van der Waals surface area contributed by atoms with E-state index in [1.807, 2.05) is 0 Å². The molecule has 0 saturated heterocycles. The molecule has 0 heterocycles. The van der Waals surface area contributed by atoms with Gasteiger partial charge in [0.1, 0.15) is 0 Å². The Kier molecular flexibility index (Phi) is 3.55. The molecular weight excluding hydrogens is 245 g/mol. The van der Waals surface area contributed by atoms with Gasteiger partial charge in [-0.15, -0.1) is 0 Å². The fourth-order valence-electron chi connectivity index (χ4n) is 0.810. The summed E-state index contributed by atoms with van der Waals surface area (Å²) in [6.07, 6.45) is 1.30. The van der Waals surface area contributed by atoms with Crippen molar-refractivity contribution in [2.24, 2.45) is 5.14 Å². The van der Waals surface area contributed by atoms with Crippen LogP contribution < -0.4 is 5.14 Å². The summed E-state index contributed by atoms with van der Waals surface area (Å²) >= 11 is 11.5. The molecule has 0 aliphatic heterocycles.